The van der Waals surface area contributed by atoms with Crippen molar-refractivity contribution in [3.05, 3.63) is 35.9 Å². The van der Waals surface area contributed by atoms with Crippen LogP contribution in [-0.4, -0.2) is 38.6 Å². The van der Waals surface area contributed by atoms with Crippen LogP contribution in [0.5, 0.6) is 0 Å². The summed E-state index contributed by atoms with van der Waals surface area (Å²) in [5.74, 6) is 0. The van der Waals surface area contributed by atoms with Gasteiger partial charge in [-0.15, -0.1) is 0 Å². The first-order chi connectivity index (χ1) is 9.99. The Balaban J connectivity index is 2.45. The molecule has 0 spiro atoms. The Bertz CT molecular complexity index is 488. The molecule has 1 rings (SSSR count). The molecule has 0 aromatic heterocycles. The molecule has 5 heteroatoms. The van der Waals surface area contributed by atoms with Crippen molar-refractivity contribution >= 4 is 10.0 Å². The SMILES string of the molecule is CCCC(NCCCN(CC)S(C)(=O)=O)c1ccccc1. The van der Waals surface area contributed by atoms with Crippen LogP contribution in [-0.2, 0) is 10.0 Å². The van der Waals surface area contributed by atoms with Crippen molar-refractivity contribution in [1.29, 1.82) is 0 Å². The summed E-state index contributed by atoms with van der Waals surface area (Å²) in [6, 6.07) is 10.8. The number of sulfonamides is 1. The van der Waals surface area contributed by atoms with Crippen molar-refractivity contribution < 1.29 is 8.42 Å². The van der Waals surface area contributed by atoms with E-state index in [0.29, 0.717) is 19.1 Å². The Labute approximate surface area is 129 Å². The number of nitrogens with zero attached hydrogens (tertiary/aromatic N) is 1. The third-order valence-electron chi connectivity index (χ3n) is 3.58. The maximum Gasteiger partial charge on any atom is 0.211 e. The molecule has 0 aliphatic carbocycles. The molecule has 1 N–H and O–H groups in total. The Kier molecular flexibility index (Phi) is 7.93. The monoisotopic (exact) mass is 312 g/mol. The third-order valence-corrected chi connectivity index (χ3v) is 4.95. The summed E-state index contributed by atoms with van der Waals surface area (Å²) >= 11 is 0. The first-order valence-corrected chi connectivity index (χ1v) is 9.57. The molecule has 0 fully saturated rings. The molecule has 21 heavy (non-hydrogen) atoms. The predicted molar refractivity (Wildman–Crippen MR) is 88.8 cm³/mol. The lowest BCUT2D eigenvalue weighted by molar-refractivity contribution is 0.406. The van der Waals surface area contributed by atoms with E-state index in [1.54, 1.807) is 0 Å². The number of rotatable bonds is 10. The van der Waals surface area contributed by atoms with Crippen molar-refractivity contribution in [1.82, 2.24) is 9.62 Å². The summed E-state index contributed by atoms with van der Waals surface area (Å²) in [5.41, 5.74) is 1.30. The summed E-state index contributed by atoms with van der Waals surface area (Å²) in [7, 11) is -3.07. The molecule has 0 saturated carbocycles. The van der Waals surface area contributed by atoms with Gasteiger partial charge < -0.3 is 5.32 Å². The fourth-order valence-electron chi connectivity index (χ4n) is 2.45. The Morgan fingerprint density at radius 1 is 1.19 bits per heavy atom. The van der Waals surface area contributed by atoms with Crippen molar-refractivity contribution in [3.63, 3.8) is 0 Å². The molecule has 4 nitrogen and oxygen atoms in total. The van der Waals surface area contributed by atoms with Crippen LogP contribution in [0.4, 0.5) is 0 Å². The summed E-state index contributed by atoms with van der Waals surface area (Å²) in [4.78, 5) is 0. The van der Waals surface area contributed by atoms with Crippen LogP contribution >= 0.6 is 0 Å². The first kappa shape index (κ1) is 18.1. The first-order valence-electron chi connectivity index (χ1n) is 7.72. The minimum atomic E-state index is -3.07. The summed E-state index contributed by atoms with van der Waals surface area (Å²) in [6.45, 7) is 6.00. The van der Waals surface area contributed by atoms with Crippen molar-refractivity contribution in [2.75, 3.05) is 25.9 Å². The average molecular weight is 312 g/mol. The van der Waals surface area contributed by atoms with Gasteiger partial charge in [0.2, 0.25) is 10.0 Å². The fourth-order valence-corrected chi connectivity index (χ4v) is 3.38. The van der Waals surface area contributed by atoms with Crippen LogP contribution in [0.3, 0.4) is 0 Å². The van der Waals surface area contributed by atoms with E-state index < -0.39 is 10.0 Å². The molecule has 1 aromatic rings. The van der Waals surface area contributed by atoms with Crippen LogP contribution in [0.15, 0.2) is 30.3 Å². The van der Waals surface area contributed by atoms with Gasteiger partial charge in [0, 0.05) is 19.1 Å². The lowest BCUT2D eigenvalue weighted by Crippen LogP contribution is -2.33. The van der Waals surface area contributed by atoms with E-state index in [4.69, 9.17) is 0 Å². The molecule has 1 aromatic carbocycles. The van der Waals surface area contributed by atoms with E-state index in [1.165, 1.54) is 16.1 Å². The standard InChI is InChI=1S/C16H28N2O2S/c1-4-10-16(15-11-7-6-8-12-15)17-13-9-14-18(5-2)21(3,19)20/h6-8,11-12,16-17H,4-5,9-10,13-14H2,1-3H3. The topological polar surface area (TPSA) is 49.4 Å². The normalized spacial score (nSPS) is 13.5. The van der Waals surface area contributed by atoms with Crippen LogP contribution < -0.4 is 5.32 Å². The highest BCUT2D eigenvalue weighted by atomic mass is 32.2. The summed E-state index contributed by atoms with van der Waals surface area (Å²) in [6.07, 6.45) is 4.31. The highest BCUT2D eigenvalue weighted by molar-refractivity contribution is 7.88. The highest BCUT2D eigenvalue weighted by Crippen LogP contribution is 2.17. The van der Waals surface area contributed by atoms with Gasteiger partial charge in [-0.3, -0.25) is 0 Å². The van der Waals surface area contributed by atoms with Gasteiger partial charge in [0.1, 0.15) is 0 Å². The maximum atomic E-state index is 11.5. The molecule has 0 radical (unpaired) electrons. The summed E-state index contributed by atoms with van der Waals surface area (Å²) < 4.78 is 24.6. The van der Waals surface area contributed by atoms with Crippen LogP contribution in [0.25, 0.3) is 0 Å². The molecule has 1 atom stereocenters. The molecule has 120 valence electrons. The molecule has 1 unspecified atom stereocenters. The van der Waals surface area contributed by atoms with Gasteiger partial charge in [-0.05, 0) is 24.9 Å². The number of hydrogen-bond donors (Lipinski definition) is 1. The third kappa shape index (κ3) is 6.59. The zero-order chi connectivity index (χ0) is 15.7. The number of nitrogens with one attached hydrogen (secondary N) is 1. The number of hydrogen-bond acceptors (Lipinski definition) is 3. The van der Waals surface area contributed by atoms with E-state index in [9.17, 15) is 8.42 Å². The summed E-state index contributed by atoms with van der Waals surface area (Å²) in [5, 5.41) is 3.55. The zero-order valence-corrected chi connectivity index (χ0v) is 14.2. The highest BCUT2D eigenvalue weighted by Gasteiger charge is 2.14. The average Bonchev–Trinajstić information content (AvgIpc) is 2.45. The number of benzene rings is 1. The van der Waals surface area contributed by atoms with Gasteiger partial charge in [-0.1, -0.05) is 50.6 Å². The van der Waals surface area contributed by atoms with Gasteiger partial charge in [0.25, 0.3) is 0 Å². The Morgan fingerprint density at radius 3 is 2.38 bits per heavy atom. The van der Waals surface area contributed by atoms with Crippen LogP contribution in [0.1, 0.15) is 44.7 Å². The largest absolute Gasteiger partial charge is 0.310 e. The molecule has 0 amide bonds. The van der Waals surface area contributed by atoms with E-state index in [-0.39, 0.29) is 0 Å². The van der Waals surface area contributed by atoms with Gasteiger partial charge in [-0.2, -0.15) is 0 Å². The minimum Gasteiger partial charge on any atom is -0.310 e. The van der Waals surface area contributed by atoms with E-state index in [1.807, 2.05) is 13.0 Å². The molecular weight excluding hydrogens is 284 g/mol. The molecular formula is C16H28N2O2S. The Hall–Kier alpha value is -0.910. The van der Waals surface area contributed by atoms with Crippen molar-refractivity contribution in [2.24, 2.45) is 0 Å². The second-order valence-corrected chi connectivity index (χ2v) is 7.30. The minimum absolute atomic E-state index is 0.351. The van der Waals surface area contributed by atoms with Gasteiger partial charge >= 0.3 is 0 Å². The molecule has 0 aliphatic rings. The molecule has 0 saturated heterocycles. The van der Waals surface area contributed by atoms with E-state index >= 15 is 0 Å². The van der Waals surface area contributed by atoms with Crippen LogP contribution in [0, 0.1) is 0 Å². The molecule has 0 heterocycles. The quantitative estimate of drug-likeness (QED) is 0.676. The maximum absolute atomic E-state index is 11.5. The van der Waals surface area contributed by atoms with Crippen LogP contribution in [0.2, 0.25) is 0 Å². The Morgan fingerprint density at radius 2 is 1.86 bits per heavy atom. The zero-order valence-electron chi connectivity index (χ0n) is 13.4. The van der Waals surface area contributed by atoms with Gasteiger partial charge in [-0.25, -0.2) is 12.7 Å². The van der Waals surface area contributed by atoms with Crippen molar-refractivity contribution in [3.8, 4) is 0 Å². The fraction of sp³-hybridized carbons (Fsp3) is 0.625. The molecule has 0 aliphatic heterocycles. The second kappa shape index (κ2) is 9.18. The van der Waals surface area contributed by atoms with Gasteiger partial charge in [0.05, 0.1) is 6.26 Å². The van der Waals surface area contributed by atoms with Crippen molar-refractivity contribution in [2.45, 2.75) is 39.2 Å². The van der Waals surface area contributed by atoms with E-state index in [0.717, 1.165) is 25.8 Å². The lowest BCUT2D eigenvalue weighted by atomic mass is 10.0. The second-order valence-electron chi connectivity index (χ2n) is 5.31. The van der Waals surface area contributed by atoms with E-state index in [2.05, 4.69) is 36.5 Å². The smallest absolute Gasteiger partial charge is 0.211 e. The predicted octanol–water partition coefficient (Wildman–Crippen LogP) is 2.79. The molecule has 0 bridgehead atoms. The lowest BCUT2D eigenvalue weighted by Gasteiger charge is -2.21. The van der Waals surface area contributed by atoms with Gasteiger partial charge in [0.15, 0.2) is 0 Å².